The number of aryl methyl sites for hydroxylation is 2. The highest BCUT2D eigenvalue weighted by molar-refractivity contribution is 6.30. The second kappa shape index (κ2) is 7.47. The Hall–Kier alpha value is -3.37. The molecule has 0 saturated carbocycles. The lowest BCUT2D eigenvalue weighted by Gasteiger charge is -2.04. The Kier molecular flexibility index (Phi) is 4.64. The average Bonchev–Trinajstić information content (AvgIpc) is 3.32. The van der Waals surface area contributed by atoms with E-state index < -0.39 is 0 Å². The number of aromatic nitrogens is 4. The lowest BCUT2D eigenvalue weighted by molar-refractivity contribution is 0.666. The third-order valence-corrected chi connectivity index (χ3v) is 5.55. The summed E-state index contributed by atoms with van der Waals surface area (Å²) >= 11 is 6.15. The molecule has 2 heterocycles. The van der Waals surface area contributed by atoms with E-state index in [1.54, 1.807) is 0 Å². The number of halogens is 1. The highest BCUT2D eigenvalue weighted by atomic mass is 35.5. The van der Waals surface area contributed by atoms with Crippen molar-refractivity contribution in [2.24, 2.45) is 0 Å². The molecule has 0 amide bonds. The molecule has 1 N–H and O–H groups in total. The van der Waals surface area contributed by atoms with Gasteiger partial charge in [-0.25, -0.2) is 4.98 Å². The second-order valence-electron chi connectivity index (χ2n) is 7.64. The zero-order valence-electron chi connectivity index (χ0n) is 16.9. The summed E-state index contributed by atoms with van der Waals surface area (Å²) in [5, 5.41) is 5.52. The van der Waals surface area contributed by atoms with Gasteiger partial charge in [0.2, 0.25) is 0 Å². The van der Waals surface area contributed by atoms with Crippen LogP contribution in [-0.4, -0.2) is 19.7 Å². The summed E-state index contributed by atoms with van der Waals surface area (Å²) in [4.78, 5) is 8.18. The fraction of sp³-hybridized carbons (Fsp3) is 0.120. The van der Waals surface area contributed by atoms with E-state index in [0.717, 1.165) is 50.9 Å². The smallest absolute Gasteiger partial charge is 0.159 e. The molecule has 148 valence electrons. The third kappa shape index (κ3) is 3.62. The molecule has 0 spiro atoms. The van der Waals surface area contributed by atoms with Gasteiger partial charge in [-0.1, -0.05) is 59.6 Å². The van der Waals surface area contributed by atoms with Crippen LogP contribution in [0.15, 0.2) is 72.8 Å². The van der Waals surface area contributed by atoms with Crippen LogP contribution in [0.2, 0.25) is 5.02 Å². The number of aromatic amines is 1. The topological polar surface area (TPSA) is 46.5 Å². The molecule has 0 aliphatic carbocycles. The Bertz CT molecular complexity index is 1350. The molecule has 5 heteroatoms. The van der Waals surface area contributed by atoms with Gasteiger partial charge in [0, 0.05) is 10.7 Å². The summed E-state index contributed by atoms with van der Waals surface area (Å²) in [6.45, 7) is 4.91. The second-order valence-corrected chi connectivity index (χ2v) is 8.08. The number of nitrogens with one attached hydrogen (secondary N) is 1. The van der Waals surface area contributed by atoms with Crippen molar-refractivity contribution in [1.29, 1.82) is 0 Å². The maximum atomic E-state index is 6.15. The van der Waals surface area contributed by atoms with Gasteiger partial charge in [-0.2, -0.15) is 5.10 Å². The van der Waals surface area contributed by atoms with Crippen molar-refractivity contribution in [1.82, 2.24) is 19.7 Å². The van der Waals surface area contributed by atoms with E-state index >= 15 is 0 Å². The number of nitrogens with zero attached hydrogens (tertiary/aromatic N) is 3. The molecule has 0 saturated heterocycles. The summed E-state index contributed by atoms with van der Waals surface area (Å²) in [5.74, 6) is 0.777. The van der Waals surface area contributed by atoms with Crippen molar-refractivity contribution in [3.63, 3.8) is 0 Å². The average molecular weight is 413 g/mol. The first-order valence-corrected chi connectivity index (χ1v) is 10.3. The fourth-order valence-corrected chi connectivity index (χ4v) is 3.82. The Balaban J connectivity index is 1.47. The van der Waals surface area contributed by atoms with Gasteiger partial charge in [0.25, 0.3) is 0 Å². The maximum Gasteiger partial charge on any atom is 0.159 e. The number of hydrogen-bond acceptors (Lipinski definition) is 2. The van der Waals surface area contributed by atoms with E-state index in [-0.39, 0.29) is 0 Å². The van der Waals surface area contributed by atoms with E-state index in [1.807, 2.05) is 28.9 Å². The summed E-state index contributed by atoms with van der Waals surface area (Å²) < 4.78 is 2.02. The highest BCUT2D eigenvalue weighted by Crippen LogP contribution is 2.27. The van der Waals surface area contributed by atoms with Crippen LogP contribution < -0.4 is 0 Å². The van der Waals surface area contributed by atoms with Crippen LogP contribution in [0.1, 0.15) is 16.8 Å². The Morgan fingerprint density at radius 3 is 2.50 bits per heavy atom. The van der Waals surface area contributed by atoms with Crippen molar-refractivity contribution >= 4 is 22.6 Å². The zero-order chi connectivity index (χ0) is 20.7. The van der Waals surface area contributed by atoms with Crippen molar-refractivity contribution in [2.45, 2.75) is 20.4 Å². The zero-order valence-corrected chi connectivity index (χ0v) is 17.6. The summed E-state index contributed by atoms with van der Waals surface area (Å²) in [7, 11) is 0. The lowest BCUT2D eigenvalue weighted by Crippen LogP contribution is -2.03. The first-order valence-electron chi connectivity index (χ1n) is 9.91. The van der Waals surface area contributed by atoms with Crippen LogP contribution in [0.5, 0.6) is 0 Å². The highest BCUT2D eigenvalue weighted by Gasteiger charge is 2.12. The number of imidazole rings is 1. The van der Waals surface area contributed by atoms with Crippen molar-refractivity contribution in [3.8, 4) is 22.6 Å². The third-order valence-electron chi connectivity index (χ3n) is 5.32. The van der Waals surface area contributed by atoms with E-state index in [2.05, 4.69) is 67.4 Å². The minimum absolute atomic E-state index is 0.729. The van der Waals surface area contributed by atoms with Crippen LogP contribution in [-0.2, 0) is 6.54 Å². The van der Waals surface area contributed by atoms with Gasteiger partial charge in [-0.15, -0.1) is 0 Å². The molecule has 0 radical (unpaired) electrons. The van der Waals surface area contributed by atoms with E-state index in [4.69, 9.17) is 21.7 Å². The van der Waals surface area contributed by atoms with E-state index in [1.165, 1.54) is 11.1 Å². The van der Waals surface area contributed by atoms with Crippen LogP contribution in [0, 0.1) is 13.8 Å². The Labute approximate surface area is 180 Å². The number of hydrogen-bond donors (Lipinski definition) is 1. The van der Waals surface area contributed by atoms with Gasteiger partial charge in [0.05, 0.1) is 17.6 Å². The number of fused-ring (bicyclic) bond motifs is 1. The fourth-order valence-electron chi connectivity index (χ4n) is 3.63. The van der Waals surface area contributed by atoms with Gasteiger partial charge in [-0.05, 0) is 60.9 Å². The van der Waals surface area contributed by atoms with Gasteiger partial charge in [0.1, 0.15) is 5.69 Å². The molecule has 0 unspecified atom stereocenters. The number of H-pyrrole nitrogens is 1. The molecule has 3 aromatic carbocycles. The van der Waals surface area contributed by atoms with Gasteiger partial charge < -0.3 is 4.98 Å². The predicted octanol–water partition coefficient (Wildman–Crippen LogP) is 6.41. The number of benzene rings is 3. The predicted molar refractivity (Wildman–Crippen MR) is 123 cm³/mol. The first-order chi connectivity index (χ1) is 14.5. The van der Waals surface area contributed by atoms with Crippen molar-refractivity contribution in [3.05, 3.63) is 94.6 Å². The molecule has 2 aromatic heterocycles. The molecular weight excluding hydrogens is 392 g/mol. The monoisotopic (exact) mass is 412 g/mol. The summed E-state index contributed by atoms with van der Waals surface area (Å²) in [6, 6.07) is 24.7. The quantitative estimate of drug-likeness (QED) is 0.370. The van der Waals surface area contributed by atoms with Gasteiger partial charge >= 0.3 is 0 Å². The lowest BCUT2D eigenvalue weighted by atomic mass is 10.1. The SMILES string of the molecule is Cc1ccc(Cn2nc(-c3nc4ccc(-c5cccc(Cl)c5)cc4[nH]3)cc2C)cc1. The van der Waals surface area contributed by atoms with E-state index in [0.29, 0.717) is 0 Å². The van der Waals surface area contributed by atoms with Crippen molar-refractivity contribution in [2.75, 3.05) is 0 Å². The molecule has 0 fully saturated rings. The van der Waals surface area contributed by atoms with E-state index in [9.17, 15) is 0 Å². The van der Waals surface area contributed by atoms with Crippen LogP contribution in [0.25, 0.3) is 33.7 Å². The summed E-state index contributed by atoms with van der Waals surface area (Å²) in [6.07, 6.45) is 0. The molecular formula is C25H21ClN4. The van der Waals surface area contributed by atoms with Crippen LogP contribution in [0.4, 0.5) is 0 Å². The standard InChI is InChI=1S/C25H21ClN4/c1-16-6-8-18(9-7-16)15-30-17(2)12-24(29-30)25-27-22-11-10-20(14-23(22)28-25)19-4-3-5-21(26)13-19/h3-14H,15H2,1-2H3,(H,27,28). The molecule has 0 aliphatic heterocycles. The Morgan fingerprint density at radius 2 is 1.70 bits per heavy atom. The molecule has 0 bridgehead atoms. The van der Waals surface area contributed by atoms with Gasteiger partial charge in [-0.3, -0.25) is 4.68 Å². The normalized spacial score (nSPS) is 11.3. The molecule has 4 nitrogen and oxygen atoms in total. The molecule has 0 atom stereocenters. The number of rotatable bonds is 4. The molecule has 0 aliphatic rings. The molecule has 5 aromatic rings. The van der Waals surface area contributed by atoms with Crippen LogP contribution in [0.3, 0.4) is 0 Å². The summed E-state index contributed by atoms with van der Waals surface area (Å²) in [5.41, 5.74) is 8.52. The first kappa shape index (κ1) is 18.6. The molecule has 5 rings (SSSR count). The van der Waals surface area contributed by atoms with Crippen molar-refractivity contribution < 1.29 is 0 Å². The van der Waals surface area contributed by atoms with Crippen LogP contribution >= 0.6 is 11.6 Å². The van der Waals surface area contributed by atoms with Gasteiger partial charge in [0.15, 0.2) is 5.82 Å². The largest absolute Gasteiger partial charge is 0.337 e. The molecule has 30 heavy (non-hydrogen) atoms. The Morgan fingerprint density at radius 1 is 0.900 bits per heavy atom. The minimum Gasteiger partial charge on any atom is -0.337 e. The maximum absolute atomic E-state index is 6.15. The minimum atomic E-state index is 0.729.